The molecule has 27 heavy (non-hydrogen) atoms. The lowest BCUT2D eigenvalue weighted by atomic mass is 10.1. The topological polar surface area (TPSA) is 84.0 Å². The van der Waals surface area contributed by atoms with Crippen LogP contribution >= 0.6 is 11.6 Å². The third-order valence-electron chi connectivity index (χ3n) is 3.95. The van der Waals surface area contributed by atoms with E-state index in [4.69, 9.17) is 11.6 Å². The summed E-state index contributed by atoms with van der Waals surface area (Å²) in [5, 5.41) is 6.39. The molecule has 0 radical (unpaired) electrons. The van der Waals surface area contributed by atoms with Gasteiger partial charge in [0.05, 0.1) is 0 Å². The number of ketones is 1. The van der Waals surface area contributed by atoms with E-state index in [1.165, 1.54) is 19.2 Å². The number of hydrogen-bond acceptors (Lipinski definition) is 5. The highest BCUT2D eigenvalue weighted by atomic mass is 35.5. The highest BCUT2D eigenvalue weighted by Gasteiger charge is 2.12. The zero-order chi connectivity index (χ0) is 19.4. The molecule has 136 valence electrons. The molecular weight excluding hydrogens is 364 g/mol. The largest absolute Gasteiger partial charge is 0.324 e. The summed E-state index contributed by atoms with van der Waals surface area (Å²) >= 11 is 6.08. The van der Waals surface area contributed by atoms with Crippen molar-refractivity contribution >= 4 is 40.6 Å². The Hall–Kier alpha value is -3.25. The van der Waals surface area contributed by atoms with Crippen LogP contribution in [0.1, 0.15) is 33.3 Å². The lowest BCUT2D eigenvalue weighted by Gasteiger charge is -2.10. The van der Waals surface area contributed by atoms with Gasteiger partial charge in [-0.05, 0) is 61.9 Å². The highest BCUT2D eigenvalue weighted by molar-refractivity contribution is 6.31. The predicted molar refractivity (Wildman–Crippen MR) is 106 cm³/mol. The van der Waals surface area contributed by atoms with Gasteiger partial charge < -0.3 is 10.6 Å². The summed E-state index contributed by atoms with van der Waals surface area (Å²) in [7, 11) is 0. The Morgan fingerprint density at radius 2 is 1.78 bits per heavy atom. The smallest absolute Gasteiger partial charge is 0.274 e. The Kier molecular flexibility index (Phi) is 5.47. The zero-order valence-electron chi connectivity index (χ0n) is 14.8. The van der Waals surface area contributed by atoms with Gasteiger partial charge >= 0.3 is 0 Å². The van der Waals surface area contributed by atoms with E-state index in [1.807, 2.05) is 6.92 Å². The molecule has 0 spiro atoms. The van der Waals surface area contributed by atoms with E-state index in [-0.39, 0.29) is 23.3 Å². The molecule has 6 nitrogen and oxygen atoms in total. The SMILES string of the molecule is CC(=O)c1ccc(Nc2nccc(C(=O)Nc3cccc(Cl)c3C)n2)cc1. The molecule has 1 aromatic heterocycles. The molecule has 0 bridgehead atoms. The molecule has 0 aliphatic carbocycles. The molecule has 0 fully saturated rings. The number of benzene rings is 2. The van der Waals surface area contributed by atoms with Crippen LogP contribution in [-0.2, 0) is 0 Å². The van der Waals surface area contributed by atoms with Gasteiger partial charge in [-0.25, -0.2) is 9.97 Å². The summed E-state index contributed by atoms with van der Waals surface area (Å²) in [5.74, 6) is -0.0911. The number of nitrogens with zero attached hydrogens (tertiary/aromatic N) is 2. The van der Waals surface area contributed by atoms with Gasteiger partial charge in [0.2, 0.25) is 5.95 Å². The average molecular weight is 381 g/mol. The fourth-order valence-corrected chi connectivity index (χ4v) is 2.57. The number of halogens is 1. The number of nitrogens with one attached hydrogen (secondary N) is 2. The van der Waals surface area contributed by atoms with Crippen molar-refractivity contribution in [2.75, 3.05) is 10.6 Å². The van der Waals surface area contributed by atoms with Crippen LogP contribution < -0.4 is 10.6 Å². The van der Waals surface area contributed by atoms with E-state index in [1.54, 1.807) is 42.5 Å². The maximum absolute atomic E-state index is 12.5. The Balaban J connectivity index is 1.75. The number of rotatable bonds is 5. The van der Waals surface area contributed by atoms with Crippen molar-refractivity contribution < 1.29 is 9.59 Å². The van der Waals surface area contributed by atoms with E-state index in [0.29, 0.717) is 22.0 Å². The lowest BCUT2D eigenvalue weighted by molar-refractivity contribution is 0.101. The Morgan fingerprint density at radius 1 is 1.04 bits per heavy atom. The fraction of sp³-hybridized carbons (Fsp3) is 0.100. The highest BCUT2D eigenvalue weighted by Crippen LogP contribution is 2.23. The van der Waals surface area contributed by atoms with E-state index < -0.39 is 0 Å². The summed E-state index contributed by atoms with van der Waals surface area (Å²) in [6.45, 7) is 3.34. The van der Waals surface area contributed by atoms with Crippen LogP contribution in [-0.4, -0.2) is 21.7 Å². The van der Waals surface area contributed by atoms with Crippen LogP contribution in [0, 0.1) is 6.92 Å². The van der Waals surface area contributed by atoms with Crippen LogP contribution in [0.25, 0.3) is 0 Å². The second-order valence-corrected chi connectivity index (χ2v) is 6.30. The lowest BCUT2D eigenvalue weighted by Crippen LogP contribution is -2.15. The van der Waals surface area contributed by atoms with Crippen molar-refractivity contribution in [1.29, 1.82) is 0 Å². The van der Waals surface area contributed by atoms with E-state index in [0.717, 1.165) is 5.56 Å². The van der Waals surface area contributed by atoms with Crippen molar-refractivity contribution in [3.8, 4) is 0 Å². The Labute approximate surface area is 161 Å². The molecule has 1 amide bonds. The molecule has 0 atom stereocenters. The minimum Gasteiger partial charge on any atom is -0.324 e. The summed E-state index contributed by atoms with van der Waals surface area (Å²) in [6, 6.07) is 13.8. The normalized spacial score (nSPS) is 10.3. The number of carbonyl (C=O) groups excluding carboxylic acids is 2. The van der Waals surface area contributed by atoms with E-state index in [9.17, 15) is 9.59 Å². The van der Waals surface area contributed by atoms with Gasteiger partial charge in [0.15, 0.2) is 5.78 Å². The molecule has 3 rings (SSSR count). The molecule has 2 aromatic carbocycles. The second kappa shape index (κ2) is 7.97. The molecule has 0 aliphatic heterocycles. The number of carbonyl (C=O) groups is 2. The predicted octanol–water partition coefficient (Wildman–Crippen LogP) is 4.64. The summed E-state index contributed by atoms with van der Waals surface area (Å²) in [6.07, 6.45) is 1.50. The molecular formula is C20H17ClN4O2. The van der Waals surface area contributed by atoms with Crippen molar-refractivity contribution in [3.63, 3.8) is 0 Å². The van der Waals surface area contributed by atoms with Crippen LogP contribution in [0.3, 0.4) is 0 Å². The number of aromatic nitrogens is 2. The first kappa shape index (κ1) is 18.5. The fourth-order valence-electron chi connectivity index (χ4n) is 2.39. The standard InChI is InChI=1S/C20H17ClN4O2/c1-12-16(21)4-3-5-17(12)24-19(27)18-10-11-22-20(25-18)23-15-8-6-14(7-9-15)13(2)26/h3-11H,1-2H3,(H,24,27)(H,22,23,25). The molecule has 2 N–H and O–H groups in total. The monoisotopic (exact) mass is 380 g/mol. The molecule has 0 unspecified atom stereocenters. The zero-order valence-corrected chi connectivity index (χ0v) is 15.5. The minimum atomic E-state index is -0.363. The first-order chi connectivity index (χ1) is 12.9. The maximum atomic E-state index is 12.5. The molecule has 7 heteroatoms. The molecule has 3 aromatic rings. The summed E-state index contributed by atoms with van der Waals surface area (Å²) in [4.78, 5) is 32.2. The Bertz CT molecular complexity index is 1000. The number of hydrogen-bond donors (Lipinski definition) is 2. The van der Waals surface area contributed by atoms with Gasteiger partial charge in [-0.2, -0.15) is 0 Å². The quantitative estimate of drug-likeness (QED) is 0.630. The third-order valence-corrected chi connectivity index (χ3v) is 4.36. The number of anilines is 3. The van der Waals surface area contributed by atoms with Crippen LogP contribution in [0.4, 0.5) is 17.3 Å². The molecule has 0 saturated carbocycles. The van der Waals surface area contributed by atoms with Crippen LogP contribution in [0.2, 0.25) is 5.02 Å². The van der Waals surface area contributed by atoms with Gasteiger partial charge in [-0.15, -0.1) is 0 Å². The summed E-state index contributed by atoms with van der Waals surface area (Å²) in [5.41, 5.74) is 2.95. The first-order valence-electron chi connectivity index (χ1n) is 8.21. The van der Waals surface area contributed by atoms with Gasteiger partial charge in [-0.1, -0.05) is 17.7 Å². The van der Waals surface area contributed by atoms with Gasteiger partial charge in [0.25, 0.3) is 5.91 Å². The van der Waals surface area contributed by atoms with E-state index in [2.05, 4.69) is 20.6 Å². The van der Waals surface area contributed by atoms with Gasteiger partial charge in [0.1, 0.15) is 5.69 Å². The second-order valence-electron chi connectivity index (χ2n) is 5.89. The third kappa shape index (κ3) is 4.48. The van der Waals surface area contributed by atoms with Gasteiger partial charge in [0, 0.05) is 28.2 Å². The molecule has 0 saturated heterocycles. The molecule has 0 aliphatic rings. The Morgan fingerprint density at radius 3 is 2.48 bits per heavy atom. The first-order valence-corrected chi connectivity index (χ1v) is 8.59. The number of amides is 1. The van der Waals surface area contributed by atoms with Crippen molar-refractivity contribution in [1.82, 2.24) is 9.97 Å². The summed E-state index contributed by atoms with van der Waals surface area (Å²) < 4.78 is 0. The maximum Gasteiger partial charge on any atom is 0.274 e. The van der Waals surface area contributed by atoms with Crippen molar-refractivity contribution in [2.45, 2.75) is 13.8 Å². The average Bonchev–Trinajstić information content (AvgIpc) is 2.66. The minimum absolute atomic E-state index is 0.00669. The van der Waals surface area contributed by atoms with E-state index >= 15 is 0 Å². The van der Waals surface area contributed by atoms with Gasteiger partial charge in [-0.3, -0.25) is 9.59 Å². The number of Topliss-reactive ketones (excluding diaryl/α,β-unsaturated/α-hetero) is 1. The van der Waals surface area contributed by atoms with Crippen molar-refractivity contribution in [2.24, 2.45) is 0 Å². The van der Waals surface area contributed by atoms with Crippen LogP contribution in [0.15, 0.2) is 54.7 Å². The molecule has 1 heterocycles. The van der Waals surface area contributed by atoms with Crippen molar-refractivity contribution in [3.05, 3.63) is 76.6 Å². The van der Waals surface area contributed by atoms with Crippen LogP contribution in [0.5, 0.6) is 0 Å².